The van der Waals surface area contributed by atoms with Gasteiger partial charge in [-0.1, -0.05) is 6.07 Å². The third-order valence-corrected chi connectivity index (χ3v) is 2.05. The van der Waals surface area contributed by atoms with Crippen LogP contribution in [0.25, 0.3) is 0 Å². The van der Waals surface area contributed by atoms with Gasteiger partial charge in [-0.3, -0.25) is 9.78 Å². The van der Waals surface area contributed by atoms with Crippen molar-refractivity contribution in [3.05, 3.63) is 54.1 Å². The molecule has 1 amide bonds. The number of rotatable bonds is 2. The Bertz CT molecular complexity index is 575. The molecular weight excluding hydrogens is 216 g/mol. The minimum Gasteiger partial charge on any atom is -0.321 e. The van der Waals surface area contributed by atoms with Gasteiger partial charge >= 0.3 is 0 Å². The lowest BCUT2D eigenvalue weighted by Crippen LogP contribution is -2.13. The second-order valence-electron chi connectivity index (χ2n) is 3.24. The van der Waals surface area contributed by atoms with Gasteiger partial charge in [-0.25, -0.2) is 4.98 Å². The maximum atomic E-state index is 11.7. The largest absolute Gasteiger partial charge is 0.321 e. The van der Waals surface area contributed by atoms with Crippen molar-refractivity contribution in [1.82, 2.24) is 9.97 Å². The van der Waals surface area contributed by atoms with Crippen LogP contribution in [-0.2, 0) is 0 Å². The zero-order valence-corrected chi connectivity index (χ0v) is 8.79. The van der Waals surface area contributed by atoms with Gasteiger partial charge in [0.2, 0.25) is 0 Å². The molecule has 0 radical (unpaired) electrons. The highest BCUT2D eigenvalue weighted by Crippen LogP contribution is 2.10. The average Bonchev–Trinajstić information content (AvgIpc) is 2.40. The normalized spacial score (nSPS) is 9.35. The van der Waals surface area contributed by atoms with Crippen LogP contribution in [0.4, 0.5) is 5.69 Å². The molecule has 1 N–H and O–H groups in total. The van der Waals surface area contributed by atoms with Crippen molar-refractivity contribution in [3.63, 3.8) is 0 Å². The maximum absolute atomic E-state index is 11.7. The third kappa shape index (κ3) is 2.63. The summed E-state index contributed by atoms with van der Waals surface area (Å²) in [6.07, 6.45) is 4.32. The van der Waals surface area contributed by atoms with Crippen LogP contribution in [0, 0.1) is 11.3 Å². The van der Waals surface area contributed by atoms with Crippen LogP contribution in [0.3, 0.4) is 0 Å². The molecule has 82 valence electrons. The Morgan fingerprint density at radius 3 is 2.94 bits per heavy atom. The van der Waals surface area contributed by atoms with E-state index < -0.39 is 0 Å². The number of carbonyl (C=O) groups is 1. The molecule has 0 fully saturated rings. The van der Waals surface area contributed by atoms with Crippen molar-refractivity contribution < 1.29 is 4.79 Å². The first kappa shape index (κ1) is 10.8. The quantitative estimate of drug-likeness (QED) is 0.840. The highest BCUT2D eigenvalue weighted by molar-refractivity contribution is 6.02. The first-order valence-electron chi connectivity index (χ1n) is 4.87. The van der Waals surface area contributed by atoms with Crippen LogP contribution in [0.5, 0.6) is 0 Å². The van der Waals surface area contributed by atoms with Crippen molar-refractivity contribution in [2.75, 3.05) is 5.32 Å². The molecule has 2 aromatic rings. The smallest absolute Gasteiger partial charge is 0.275 e. The lowest BCUT2D eigenvalue weighted by atomic mass is 10.2. The van der Waals surface area contributed by atoms with Gasteiger partial charge in [-0.15, -0.1) is 0 Å². The van der Waals surface area contributed by atoms with E-state index in [9.17, 15) is 4.79 Å². The molecule has 5 nitrogen and oxygen atoms in total. The van der Waals surface area contributed by atoms with E-state index in [1.54, 1.807) is 24.3 Å². The zero-order valence-electron chi connectivity index (χ0n) is 8.79. The number of anilines is 1. The van der Waals surface area contributed by atoms with Gasteiger partial charge in [-0.05, 0) is 18.2 Å². The van der Waals surface area contributed by atoms with Crippen molar-refractivity contribution in [3.8, 4) is 6.07 Å². The molecule has 1 aromatic heterocycles. The summed E-state index contributed by atoms with van der Waals surface area (Å²) < 4.78 is 0. The summed E-state index contributed by atoms with van der Waals surface area (Å²) >= 11 is 0. The summed E-state index contributed by atoms with van der Waals surface area (Å²) in [6, 6.07) is 8.66. The molecule has 0 unspecified atom stereocenters. The number of nitrogens with one attached hydrogen (secondary N) is 1. The Kier molecular flexibility index (Phi) is 3.08. The van der Waals surface area contributed by atoms with Gasteiger partial charge in [0.15, 0.2) is 0 Å². The predicted molar refractivity (Wildman–Crippen MR) is 61.1 cm³/mol. The first-order chi connectivity index (χ1) is 8.29. The van der Waals surface area contributed by atoms with Gasteiger partial charge in [0.1, 0.15) is 5.69 Å². The number of hydrogen-bond donors (Lipinski definition) is 1. The second kappa shape index (κ2) is 4.86. The van der Waals surface area contributed by atoms with Gasteiger partial charge in [0.25, 0.3) is 5.91 Å². The Morgan fingerprint density at radius 1 is 1.35 bits per heavy atom. The van der Waals surface area contributed by atoms with Gasteiger partial charge in [-0.2, -0.15) is 5.26 Å². The van der Waals surface area contributed by atoms with Crippen molar-refractivity contribution in [2.45, 2.75) is 0 Å². The topological polar surface area (TPSA) is 78.7 Å². The molecule has 0 aliphatic carbocycles. The van der Waals surface area contributed by atoms with Gasteiger partial charge < -0.3 is 5.32 Å². The van der Waals surface area contributed by atoms with Crippen LogP contribution in [0.2, 0.25) is 0 Å². The first-order valence-corrected chi connectivity index (χ1v) is 4.87. The molecule has 1 aromatic carbocycles. The van der Waals surface area contributed by atoms with Crippen LogP contribution in [-0.4, -0.2) is 15.9 Å². The third-order valence-electron chi connectivity index (χ3n) is 2.05. The molecule has 0 aliphatic heterocycles. The molecule has 0 spiro atoms. The summed E-state index contributed by atoms with van der Waals surface area (Å²) in [5.74, 6) is -0.354. The van der Waals surface area contributed by atoms with E-state index >= 15 is 0 Å². The standard InChI is InChI=1S/C12H8N4O/c13-7-9-2-1-3-10(6-9)16-12(17)11-8-14-4-5-15-11/h1-6,8H,(H,16,17). The number of amides is 1. The number of hydrogen-bond acceptors (Lipinski definition) is 4. The monoisotopic (exact) mass is 224 g/mol. The van der Waals surface area contributed by atoms with Crippen LogP contribution in [0.1, 0.15) is 16.1 Å². The number of nitriles is 1. The van der Waals surface area contributed by atoms with E-state index in [1.807, 2.05) is 6.07 Å². The fourth-order valence-corrected chi connectivity index (χ4v) is 1.28. The van der Waals surface area contributed by atoms with E-state index in [-0.39, 0.29) is 11.6 Å². The Labute approximate surface area is 97.8 Å². The summed E-state index contributed by atoms with van der Waals surface area (Å²) in [5.41, 5.74) is 1.27. The maximum Gasteiger partial charge on any atom is 0.275 e. The Balaban J connectivity index is 2.17. The molecule has 0 atom stereocenters. The molecule has 0 saturated carbocycles. The summed E-state index contributed by atoms with van der Waals surface area (Å²) in [6.45, 7) is 0. The van der Waals surface area contributed by atoms with E-state index in [0.717, 1.165) is 0 Å². The van der Waals surface area contributed by atoms with Crippen LogP contribution >= 0.6 is 0 Å². The number of nitrogens with zero attached hydrogens (tertiary/aromatic N) is 3. The average molecular weight is 224 g/mol. The highest BCUT2D eigenvalue weighted by Gasteiger charge is 2.07. The number of benzene rings is 1. The Hall–Kier alpha value is -2.74. The highest BCUT2D eigenvalue weighted by atomic mass is 16.1. The lowest BCUT2D eigenvalue weighted by molar-refractivity contribution is 0.102. The lowest BCUT2D eigenvalue weighted by Gasteiger charge is -2.03. The van der Waals surface area contributed by atoms with Crippen molar-refractivity contribution in [1.29, 1.82) is 5.26 Å². The van der Waals surface area contributed by atoms with E-state index in [0.29, 0.717) is 11.3 Å². The zero-order chi connectivity index (χ0) is 12.1. The van der Waals surface area contributed by atoms with E-state index in [2.05, 4.69) is 15.3 Å². The molecule has 0 aliphatic rings. The SMILES string of the molecule is N#Cc1cccc(NC(=O)c2cnccn2)c1. The van der Waals surface area contributed by atoms with Gasteiger partial charge in [0, 0.05) is 18.1 Å². The summed E-state index contributed by atoms with van der Waals surface area (Å²) in [5, 5.41) is 11.4. The Morgan fingerprint density at radius 2 is 2.24 bits per heavy atom. The molecular formula is C12H8N4O. The van der Waals surface area contributed by atoms with E-state index in [1.165, 1.54) is 18.6 Å². The minimum atomic E-state index is -0.354. The number of carbonyl (C=O) groups excluding carboxylic acids is 1. The fraction of sp³-hybridized carbons (Fsp3) is 0. The number of aromatic nitrogens is 2. The summed E-state index contributed by atoms with van der Waals surface area (Å²) in [4.78, 5) is 19.4. The molecule has 0 bridgehead atoms. The van der Waals surface area contributed by atoms with E-state index in [4.69, 9.17) is 5.26 Å². The minimum absolute atomic E-state index is 0.231. The molecule has 5 heteroatoms. The molecule has 1 heterocycles. The molecule has 0 saturated heterocycles. The van der Waals surface area contributed by atoms with Gasteiger partial charge in [0.05, 0.1) is 17.8 Å². The molecule has 2 rings (SSSR count). The van der Waals surface area contributed by atoms with Crippen LogP contribution in [0.15, 0.2) is 42.9 Å². The predicted octanol–water partition coefficient (Wildman–Crippen LogP) is 1.60. The molecule has 17 heavy (non-hydrogen) atoms. The summed E-state index contributed by atoms with van der Waals surface area (Å²) in [7, 11) is 0. The van der Waals surface area contributed by atoms with Crippen LogP contribution < -0.4 is 5.32 Å². The second-order valence-corrected chi connectivity index (χ2v) is 3.24. The van der Waals surface area contributed by atoms with Crippen molar-refractivity contribution in [2.24, 2.45) is 0 Å². The van der Waals surface area contributed by atoms with Crippen molar-refractivity contribution >= 4 is 11.6 Å². The fourth-order valence-electron chi connectivity index (χ4n) is 1.28.